The summed E-state index contributed by atoms with van der Waals surface area (Å²) >= 11 is 0. The van der Waals surface area contributed by atoms with Crippen LogP contribution in [0.15, 0.2) is 18.2 Å². The van der Waals surface area contributed by atoms with Gasteiger partial charge in [-0.15, -0.1) is 0 Å². The molecule has 0 bridgehead atoms. The van der Waals surface area contributed by atoms with Crippen LogP contribution < -0.4 is 15.2 Å². The molecule has 2 N–H and O–H groups in total. The molecule has 0 saturated heterocycles. The monoisotopic (exact) mass is 336 g/mol. The maximum atomic E-state index is 12.5. The van der Waals surface area contributed by atoms with E-state index in [1.807, 2.05) is 0 Å². The molecule has 0 spiro atoms. The molecule has 1 rings (SSSR count). The lowest BCUT2D eigenvalue weighted by atomic mass is 10.0. The summed E-state index contributed by atoms with van der Waals surface area (Å²) in [4.78, 5) is 37.3. The van der Waals surface area contributed by atoms with Gasteiger partial charge in [-0.3, -0.25) is 14.4 Å². The predicted octanol–water partition coefficient (Wildman–Crippen LogP) is 1.24. The Morgan fingerprint density at radius 3 is 2.12 bits per heavy atom. The molecule has 0 heterocycles. The van der Waals surface area contributed by atoms with Crippen molar-refractivity contribution < 1.29 is 23.9 Å². The maximum Gasteiger partial charge on any atom is 0.240 e. The Morgan fingerprint density at radius 2 is 1.71 bits per heavy atom. The Kier molecular flexibility index (Phi) is 6.76. The molecule has 2 amide bonds. The molecule has 7 nitrogen and oxygen atoms in total. The fourth-order valence-corrected chi connectivity index (χ4v) is 2.50. The summed E-state index contributed by atoms with van der Waals surface area (Å²) in [7, 11) is 2.97. The number of ketones is 1. The Hall–Kier alpha value is -2.57. The van der Waals surface area contributed by atoms with Crippen molar-refractivity contribution in [2.75, 3.05) is 20.8 Å². The van der Waals surface area contributed by atoms with Crippen LogP contribution in [-0.4, -0.2) is 49.3 Å². The number of amides is 2. The van der Waals surface area contributed by atoms with E-state index in [1.54, 1.807) is 26.0 Å². The third kappa shape index (κ3) is 4.47. The van der Waals surface area contributed by atoms with Crippen molar-refractivity contribution in [3.63, 3.8) is 0 Å². The highest BCUT2D eigenvalue weighted by molar-refractivity contribution is 6.00. The lowest BCUT2D eigenvalue weighted by molar-refractivity contribution is -0.138. The van der Waals surface area contributed by atoms with Crippen molar-refractivity contribution in [1.82, 2.24) is 4.90 Å². The van der Waals surface area contributed by atoms with Gasteiger partial charge in [0, 0.05) is 12.5 Å². The molecule has 0 radical (unpaired) electrons. The van der Waals surface area contributed by atoms with E-state index in [1.165, 1.54) is 32.1 Å². The molecular formula is C17H24N2O5. The Morgan fingerprint density at radius 1 is 1.12 bits per heavy atom. The van der Waals surface area contributed by atoms with Crippen molar-refractivity contribution in [1.29, 1.82) is 0 Å². The molecule has 7 heteroatoms. The molecule has 0 aliphatic carbocycles. The van der Waals surface area contributed by atoms with E-state index in [9.17, 15) is 14.4 Å². The molecule has 0 aliphatic rings. The lowest BCUT2D eigenvalue weighted by Gasteiger charge is -2.30. The van der Waals surface area contributed by atoms with Gasteiger partial charge in [0.25, 0.3) is 0 Å². The van der Waals surface area contributed by atoms with E-state index >= 15 is 0 Å². The van der Waals surface area contributed by atoms with Crippen LogP contribution >= 0.6 is 0 Å². The zero-order valence-electron chi connectivity index (χ0n) is 14.7. The normalized spacial score (nSPS) is 11.8. The number of methoxy groups -OCH3 is 2. The summed E-state index contributed by atoms with van der Waals surface area (Å²) in [5.41, 5.74) is 5.75. The van der Waals surface area contributed by atoms with Crippen LogP contribution in [0.25, 0.3) is 0 Å². The van der Waals surface area contributed by atoms with Gasteiger partial charge in [0.2, 0.25) is 11.8 Å². The fraction of sp³-hybridized carbons (Fsp3) is 0.471. The average Bonchev–Trinajstić information content (AvgIpc) is 2.52. The van der Waals surface area contributed by atoms with Gasteiger partial charge in [0.1, 0.15) is 6.04 Å². The molecule has 132 valence electrons. The summed E-state index contributed by atoms with van der Waals surface area (Å²) < 4.78 is 10.3. The highest BCUT2D eigenvalue weighted by Gasteiger charge is 2.30. The number of benzene rings is 1. The van der Waals surface area contributed by atoms with Crippen LogP contribution in [0.5, 0.6) is 11.5 Å². The summed E-state index contributed by atoms with van der Waals surface area (Å²) in [5.74, 6) is -0.646. The zero-order chi connectivity index (χ0) is 18.4. The molecular weight excluding hydrogens is 312 g/mol. The summed E-state index contributed by atoms with van der Waals surface area (Å²) in [6.07, 6.45) is 0. The number of nitrogens with two attached hydrogens (primary N) is 1. The minimum absolute atomic E-state index is 0.204. The van der Waals surface area contributed by atoms with Crippen molar-refractivity contribution >= 4 is 17.6 Å². The van der Waals surface area contributed by atoms with Crippen LogP contribution in [0.1, 0.15) is 31.1 Å². The molecule has 1 atom stereocenters. The van der Waals surface area contributed by atoms with Gasteiger partial charge < -0.3 is 20.1 Å². The fourth-order valence-electron chi connectivity index (χ4n) is 2.50. The number of Topliss-reactive ketones (excluding diaryl/α,β-unsaturated/α-hetero) is 1. The van der Waals surface area contributed by atoms with E-state index in [2.05, 4.69) is 0 Å². The average molecular weight is 336 g/mol. The number of rotatable bonds is 8. The van der Waals surface area contributed by atoms with Gasteiger partial charge in [-0.05, 0) is 24.1 Å². The number of hydrogen-bond donors (Lipinski definition) is 1. The van der Waals surface area contributed by atoms with Crippen LogP contribution in [0.2, 0.25) is 0 Å². The molecule has 1 aromatic carbocycles. The first kappa shape index (κ1) is 19.5. The number of nitrogens with zero attached hydrogens (tertiary/aromatic N) is 1. The SMILES string of the molecule is COc1ccc(C(=O)CN(C(C)=O)C(C(N)=O)C(C)C)cc1OC. The molecule has 1 aromatic rings. The summed E-state index contributed by atoms with van der Waals surface area (Å²) in [5, 5.41) is 0. The second kappa shape index (κ2) is 8.33. The largest absolute Gasteiger partial charge is 0.493 e. The third-order valence-corrected chi connectivity index (χ3v) is 3.68. The number of ether oxygens (including phenoxy) is 2. The van der Waals surface area contributed by atoms with Gasteiger partial charge in [-0.1, -0.05) is 13.8 Å². The van der Waals surface area contributed by atoms with Gasteiger partial charge >= 0.3 is 0 Å². The molecule has 1 unspecified atom stereocenters. The minimum Gasteiger partial charge on any atom is -0.493 e. The highest BCUT2D eigenvalue weighted by Crippen LogP contribution is 2.28. The highest BCUT2D eigenvalue weighted by atomic mass is 16.5. The first-order valence-electron chi connectivity index (χ1n) is 7.54. The van der Waals surface area contributed by atoms with Gasteiger partial charge in [0.15, 0.2) is 17.3 Å². The van der Waals surface area contributed by atoms with Crippen LogP contribution in [0, 0.1) is 5.92 Å². The van der Waals surface area contributed by atoms with E-state index in [0.29, 0.717) is 17.1 Å². The van der Waals surface area contributed by atoms with Gasteiger partial charge in [-0.25, -0.2) is 0 Å². The van der Waals surface area contributed by atoms with E-state index < -0.39 is 11.9 Å². The van der Waals surface area contributed by atoms with E-state index in [0.717, 1.165) is 0 Å². The van der Waals surface area contributed by atoms with Crippen LogP contribution in [0.4, 0.5) is 0 Å². The molecule has 0 fully saturated rings. The molecule has 0 saturated carbocycles. The Balaban J connectivity index is 3.09. The van der Waals surface area contributed by atoms with Crippen LogP contribution in [-0.2, 0) is 9.59 Å². The summed E-state index contributed by atoms with van der Waals surface area (Å²) in [6, 6.07) is 3.88. The minimum atomic E-state index is -0.841. The summed E-state index contributed by atoms with van der Waals surface area (Å²) in [6.45, 7) is 4.61. The van der Waals surface area contributed by atoms with Crippen molar-refractivity contribution in [2.24, 2.45) is 11.7 Å². The standard InChI is InChI=1S/C17H24N2O5/c1-10(2)16(17(18)22)19(11(3)20)9-13(21)12-6-7-14(23-4)15(8-12)24-5/h6-8,10,16H,9H2,1-5H3,(H2,18,22). The lowest BCUT2D eigenvalue weighted by Crippen LogP contribution is -2.51. The van der Waals surface area contributed by atoms with E-state index in [4.69, 9.17) is 15.2 Å². The maximum absolute atomic E-state index is 12.5. The smallest absolute Gasteiger partial charge is 0.240 e. The zero-order valence-corrected chi connectivity index (χ0v) is 14.7. The number of primary amides is 1. The third-order valence-electron chi connectivity index (χ3n) is 3.68. The van der Waals surface area contributed by atoms with Gasteiger partial charge in [0.05, 0.1) is 20.8 Å². The second-order valence-corrected chi connectivity index (χ2v) is 5.73. The molecule has 0 aliphatic heterocycles. The van der Waals surface area contributed by atoms with Crippen LogP contribution in [0.3, 0.4) is 0 Å². The van der Waals surface area contributed by atoms with Crippen molar-refractivity contribution in [3.8, 4) is 11.5 Å². The topological polar surface area (TPSA) is 98.9 Å². The molecule has 24 heavy (non-hydrogen) atoms. The number of hydrogen-bond acceptors (Lipinski definition) is 5. The first-order valence-corrected chi connectivity index (χ1v) is 7.54. The first-order chi connectivity index (χ1) is 11.2. The second-order valence-electron chi connectivity index (χ2n) is 5.73. The molecule has 0 aromatic heterocycles. The van der Waals surface area contributed by atoms with Crippen molar-refractivity contribution in [3.05, 3.63) is 23.8 Å². The quantitative estimate of drug-likeness (QED) is 0.720. The van der Waals surface area contributed by atoms with E-state index in [-0.39, 0.29) is 24.2 Å². The number of carbonyl (C=O) groups is 3. The van der Waals surface area contributed by atoms with Gasteiger partial charge in [-0.2, -0.15) is 0 Å². The number of carbonyl (C=O) groups excluding carboxylic acids is 3. The Labute approximate surface area is 141 Å². The predicted molar refractivity (Wildman–Crippen MR) is 89.1 cm³/mol. The Bertz CT molecular complexity index is 627. The van der Waals surface area contributed by atoms with Crippen molar-refractivity contribution in [2.45, 2.75) is 26.8 Å².